The fourth-order valence-corrected chi connectivity index (χ4v) is 3.17. The van der Waals surface area contributed by atoms with Crippen molar-refractivity contribution in [3.05, 3.63) is 48.0 Å². The fourth-order valence-electron chi connectivity index (χ4n) is 2.10. The smallest absolute Gasteiger partial charge is 0.266 e. The highest BCUT2D eigenvalue weighted by Gasteiger charge is 2.19. The number of hydrogen-bond acceptors (Lipinski definition) is 4. The minimum absolute atomic E-state index is 0.0357. The molecule has 2 aromatic carbocycles. The molecule has 3 aromatic rings. The molecule has 0 saturated heterocycles. The Kier molecular flexibility index (Phi) is 3.06. The summed E-state index contributed by atoms with van der Waals surface area (Å²) in [6.45, 7) is 1.85. The number of anilines is 2. The molecule has 7 heteroatoms. The Labute approximate surface area is 122 Å². The van der Waals surface area contributed by atoms with Gasteiger partial charge in [0.15, 0.2) is 0 Å². The van der Waals surface area contributed by atoms with Crippen LogP contribution >= 0.6 is 0 Å². The second kappa shape index (κ2) is 4.78. The van der Waals surface area contributed by atoms with E-state index in [1.165, 1.54) is 6.07 Å². The molecule has 21 heavy (non-hydrogen) atoms. The average molecular weight is 302 g/mol. The molecule has 0 radical (unpaired) electrons. The molecule has 0 unspecified atom stereocenters. The van der Waals surface area contributed by atoms with E-state index in [9.17, 15) is 8.42 Å². The Morgan fingerprint density at radius 3 is 2.67 bits per heavy atom. The first kappa shape index (κ1) is 13.4. The first-order chi connectivity index (χ1) is 9.95. The van der Waals surface area contributed by atoms with Crippen LogP contribution in [0.25, 0.3) is 11.0 Å². The predicted molar refractivity (Wildman–Crippen MR) is 82.5 cm³/mol. The van der Waals surface area contributed by atoms with Gasteiger partial charge in [0.2, 0.25) is 5.95 Å². The van der Waals surface area contributed by atoms with Gasteiger partial charge in [0.05, 0.1) is 16.7 Å². The van der Waals surface area contributed by atoms with Crippen molar-refractivity contribution in [3.8, 4) is 0 Å². The number of H-pyrrole nitrogens is 1. The normalized spacial score (nSPS) is 11.7. The van der Waals surface area contributed by atoms with Crippen molar-refractivity contribution in [2.45, 2.75) is 11.8 Å². The van der Waals surface area contributed by atoms with E-state index in [-0.39, 0.29) is 16.5 Å². The van der Waals surface area contributed by atoms with Crippen LogP contribution in [-0.2, 0) is 10.0 Å². The highest BCUT2D eigenvalue weighted by atomic mass is 32.2. The van der Waals surface area contributed by atoms with Crippen LogP contribution in [0.5, 0.6) is 0 Å². The number of aromatic amines is 1. The van der Waals surface area contributed by atoms with Gasteiger partial charge >= 0.3 is 0 Å². The molecule has 1 aromatic heterocycles. The maximum absolute atomic E-state index is 12.4. The van der Waals surface area contributed by atoms with E-state index >= 15 is 0 Å². The number of nitrogens with two attached hydrogens (primary N) is 1. The van der Waals surface area contributed by atoms with Gasteiger partial charge in [-0.1, -0.05) is 18.2 Å². The van der Waals surface area contributed by atoms with Gasteiger partial charge in [0, 0.05) is 0 Å². The maximum Gasteiger partial charge on any atom is 0.266 e. The Hall–Kier alpha value is -2.54. The summed E-state index contributed by atoms with van der Waals surface area (Å²) in [5.74, 6) is 0.163. The molecule has 6 nitrogen and oxygen atoms in total. The number of fused-ring (bicyclic) bond motifs is 1. The molecule has 0 aliphatic heterocycles. The van der Waals surface area contributed by atoms with E-state index in [1.54, 1.807) is 18.2 Å². The molecule has 0 atom stereocenters. The van der Waals surface area contributed by atoms with Crippen LogP contribution in [0.15, 0.2) is 47.4 Å². The van der Waals surface area contributed by atoms with Crippen molar-refractivity contribution < 1.29 is 8.42 Å². The molecular weight excluding hydrogens is 288 g/mol. The Bertz CT molecular complexity index is 883. The van der Waals surface area contributed by atoms with Crippen LogP contribution in [0.3, 0.4) is 0 Å². The van der Waals surface area contributed by atoms with Gasteiger partial charge in [-0.15, -0.1) is 0 Å². The van der Waals surface area contributed by atoms with Crippen molar-refractivity contribution in [2.24, 2.45) is 0 Å². The minimum Gasteiger partial charge on any atom is -0.398 e. The summed E-state index contributed by atoms with van der Waals surface area (Å²) < 4.78 is 27.1. The topological polar surface area (TPSA) is 101 Å². The van der Waals surface area contributed by atoms with Crippen LogP contribution in [0, 0.1) is 6.92 Å². The number of benzene rings is 2. The zero-order chi connectivity index (χ0) is 15.0. The predicted octanol–water partition coefficient (Wildman–Crippen LogP) is 2.25. The summed E-state index contributed by atoms with van der Waals surface area (Å²) in [5, 5.41) is 0. The number of hydrogen-bond donors (Lipinski definition) is 3. The highest BCUT2D eigenvalue weighted by molar-refractivity contribution is 7.92. The highest BCUT2D eigenvalue weighted by Crippen LogP contribution is 2.22. The molecule has 0 saturated carbocycles. The molecule has 0 aliphatic carbocycles. The van der Waals surface area contributed by atoms with Gasteiger partial charge in [0.1, 0.15) is 4.90 Å². The summed E-state index contributed by atoms with van der Waals surface area (Å²) in [5.41, 5.74) is 8.34. The Morgan fingerprint density at radius 1 is 1.19 bits per heavy atom. The molecule has 0 aliphatic rings. The molecule has 0 amide bonds. The van der Waals surface area contributed by atoms with Crippen molar-refractivity contribution >= 4 is 32.7 Å². The summed E-state index contributed by atoms with van der Waals surface area (Å²) >= 11 is 0. The monoisotopic (exact) mass is 302 g/mol. The Morgan fingerprint density at radius 2 is 1.95 bits per heavy atom. The number of sulfonamides is 1. The van der Waals surface area contributed by atoms with E-state index in [0.29, 0.717) is 5.52 Å². The lowest BCUT2D eigenvalue weighted by atomic mass is 10.2. The van der Waals surface area contributed by atoms with Crippen LogP contribution in [0.4, 0.5) is 11.6 Å². The fraction of sp³-hybridized carbons (Fsp3) is 0.0714. The number of nitrogens with zero attached hydrogens (tertiary/aromatic N) is 1. The maximum atomic E-state index is 12.4. The first-order valence-electron chi connectivity index (χ1n) is 6.29. The molecule has 0 spiro atoms. The summed E-state index contributed by atoms with van der Waals surface area (Å²) in [7, 11) is -3.78. The van der Waals surface area contributed by atoms with E-state index in [1.807, 2.05) is 25.1 Å². The number of nitrogen functional groups attached to an aromatic ring is 1. The number of rotatable bonds is 3. The molecule has 0 fully saturated rings. The number of nitrogens with one attached hydrogen (secondary N) is 2. The lowest BCUT2D eigenvalue weighted by Gasteiger charge is -2.08. The summed E-state index contributed by atoms with van der Waals surface area (Å²) in [6.07, 6.45) is 0. The van der Waals surface area contributed by atoms with Gasteiger partial charge in [-0.05, 0) is 36.8 Å². The second-order valence-electron chi connectivity index (χ2n) is 4.75. The van der Waals surface area contributed by atoms with Crippen LogP contribution in [0.1, 0.15) is 5.56 Å². The molecule has 0 bridgehead atoms. The zero-order valence-electron chi connectivity index (χ0n) is 11.3. The molecule has 108 valence electrons. The van der Waals surface area contributed by atoms with Crippen LogP contribution < -0.4 is 10.5 Å². The van der Waals surface area contributed by atoms with Gasteiger partial charge in [-0.2, -0.15) is 0 Å². The lowest BCUT2D eigenvalue weighted by molar-refractivity contribution is 0.601. The minimum atomic E-state index is -3.78. The SMILES string of the molecule is Cc1ccc(S(=O)(=O)Nc2nc3ccccc3[nH]2)c(N)c1. The lowest BCUT2D eigenvalue weighted by Crippen LogP contribution is -2.15. The van der Waals surface area contributed by atoms with Crippen molar-refractivity contribution in [1.29, 1.82) is 0 Å². The number of aryl methyl sites for hydroxylation is 1. The van der Waals surface area contributed by atoms with Gasteiger partial charge in [-0.3, -0.25) is 0 Å². The molecule has 1 heterocycles. The summed E-state index contributed by atoms with van der Waals surface area (Å²) in [6, 6.07) is 12.1. The third-order valence-corrected chi connectivity index (χ3v) is 4.49. The Balaban J connectivity index is 1.99. The van der Waals surface area contributed by atoms with Gasteiger partial charge in [0.25, 0.3) is 10.0 Å². The number of imidazole rings is 1. The van der Waals surface area contributed by atoms with E-state index in [2.05, 4.69) is 14.7 Å². The molecule has 4 N–H and O–H groups in total. The van der Waals surface area contributed by atoms with Crippen LogP contribution in [-0.4, -0.2) is 18.4 Å². The summed E-state index contributed by atoms with van der Waals surface area (Å²) in [4.78, 5) is 7.13. The average Bonchev–Trinajstić information content (AvgIpc) is 2.79. The van der Waals surface area contributed by atoms with Crippen LogP contribution in [0.2, 0.25) is 0 Å². The standard InChI is InChI=1S/C14H14N4O2S/c1-9-6-7-13(10(15)8-9)21(19,20)18-14-16-11-4-2-3-5-12(11)17-14/h2-8H,15H2,1H3,(H2,16,17,18). The molecule has 3 rings (SSSR count). The van der Waals surface area contributed by atoms with Gasteiger partial charge < -0.3 is 10.7 Å². The van der Waals surface area contributed by atoms with E-state index in [0.717, 1.165) is 11.1 Å². The largest absolute Gasteiger partial charge is 0.398 e. The van der Waals surface area contributed by atoms with Crippen molar-refractivity contribution in [1.82, 2.24) is 9.97 Å². The number of aromatic nitrogens is 2. The van der Waals surface area contributed by atoms with Crippen molar-refractivity contribution in [3.63, 3.8) is 0 Å². The second-order valence-corrected chi connectivity index (χ2v) is 6.40. The molecular formula is C14H14N4O2S. The van der Waals surface area contributed by atoms with Crippen molar-refractivity contribution in [2.75, 3.05) is 10.5 Å². The van der Waals surface area contributed by atoms with Gasteiger partial charge in [-0.25, -0.2) is 18.1 Å². The van der Waals surface area contributed by atoms with E-state index in [4.69, 9.17) is 5.73 Å². The van der Waals surface area contributed by atoms with E-state index < -0.39 is 10.0 Å². The third-order valence-electron chi connectivity index (χ3n) is 3.08. The third kappa shape index (κ3) is 2.55. The number of para-hydroxylation sites is 2. The first-order valence-corrected chi connectivity index (χ1v) is 7.78. The zero-order valence-corrected chi connectivity index (χ0v) is 12.1. The quantitative estimate of drug-likeness (QED) is 0.646.